The molecule has 0 heterocycles. The molecule has 5 nitrogen and oxygen atoms in total. The highest BCUT2D eigenvalue weighted by atomic mass is 35.5. The molecule has 0 saturated heterocycles. The molecule has 0 aliphatic rings. The second kappa shape index (κ2) is 7.36. The van der Waals surface area contributed by atoms with Gasteiger partial charge in [0.25, 0.3) is 0 Å². The Bertz CT molecular complexity index is 536. The molecule has 1 aromatic carbocycles. The van der Waals surface area contributed by atoms with Crippen LogP contribution in [0.2, 0.25) is 5.02 Å². The third kappa shape index (κ3) is 3.91. The van der Waals surface area contributed by atoms with Crippen molar-refractivity contribution in [3.8, 4) is 0 Å². The zero-order chi connectivity index (χ0) is 16.2. The summed E-state index contributed by atoms with van der Waals surface area (Å²) in [6.45, 7) is 5.02. The zero-order valence-corrected chi connectivity index (χ0v) is 12.8. The molecule has 0 bridgehead atoms. The number of nitrogens with zero attached hydrogens (tertiary/aromatic N) is 1. The molecule has 0 N–H and O–H groups in total. The molecule has 0 fully saturated rings. The van der Waals surface area contributed by atoms with Gasteiger partial charge in [-0.15, -0.1) is 0 Å². The van der Waals surface area contributed by atoms with Crippen molar-refractivity contribution >= 4 is 17.6 Å². The largest absolute Gasteiger partial charge is 0.461 e. The molecule has 0 amide bonds. The molecule has 2 atom stereocenters. The van der Waals surface area contributed by atoms with Crippen LogP contribution >= 0.6 is 11.6 Å². The van der Waals surface area contributed by atoms with Gasteiger partial charge in [-0.25, -0.2) is 9.18 Å². The van der Waals surface area contributed by atoms with E-state index < -0.39 is 28.7 Å². The van der Waals surface area contributed by atoms with Crippen molar-refractivity contribution in [2.75, 3.05) is 6.61 Å². The number of hydrogen-bond acceptors (Lipinski definition) is 4. The standard InChI is InChI=1S/C14H17ClFNO4/c1-4-21-14(18)13(17(19)20)11(8(2)3)9-6-5-7-10(16)12(9)15/h5-8,11,13H,4H2,1-3H3. The summed E-state index contributed by atoms with van der Waals surface area (Å²) >= 11 is 5.91. The molecular weight excluding hydrogens is 301 g/mol. The molecule has 0 aromatic heterocycles. The van der Waals surface area contributed by atoms with E-state index in [9.17, 15) is 19.3 Å². The Hall–Kier alpha value is -1.69. The first-order valence-electron chi connectivity index (χ1n) is 6.55. The molecule has 7 heteroatoms. The Morgan fingerprint density at radius 1 is 1.48 bits per heavy atom. The van der Waals surface area contributed by atoms with Gasteiger partial charge in [0.2, 0.25) is 0 Å². The topological polar surface area (TPSA) is 69.4 Å². The number of rotatable bonds is 6. The van der Waals surface area contributed by atoms with Crippen LogP contribution in [-0.4, -0.2) is 23.5 Å². The van der Waals surface area contributed by atoms with Crippen LogP contribution in [0.3, 0.4) is 0 Å². The van der Waals surface area contributed by atoms with E-state index in [0.29, 0.717) is 0 Å². The fourth-order valence-electron chi connectivity index (χ4n) is 2.26. The monoisotopic (exact) mass is 317 g/mol. The fourth-order valence-corrected chi connectivity index (χ4v) is 2.52. The quantitative estimate of drug-likeness (QED) is 0.458. The number of nitro groups is 1. The molecule has 0 radical (unpaired) electrons. The summed E-state index contributed by atoms with van der Waals surface area (Å²) in [5.41, 5.74) is 0.237. The zero-order valence-electron chi connectivity index (χ0n) is 12.0. The lowest BCUT2D eigenvalue weighted by molar-refractivity contribution is -0.516. The lowest BCUT2D eigenvalue weighted by Crippen LogP contribution is -2.39. The van der Waals surface area contributed by atoms with E-state index >= 15 is 0 Å². The Morgan fingerprint density at radius 3 is 2.57 bits per heavy atom. The number of carbonyl (C=O) groups excluding carboxylic acids is 1. The van der Waals surface area contributed by atoms with E-state index in [4.69, 9.17) is 16.3 Å². The Labute approximate surface area is 127 Å². The predicted molar refractivity (Wildman–Crippen MR) is 76.4 cm³/mol. The van der Waals surface area contributed by atoms with Crippen molar-refractivity contribution in [2.45, 2.75) is 32.7 Å². The minimum Gasteiger partial charge on any atom is -0.461 e. The molecular formula is C14H17ClFNO4. The molecule has 1 rings (SSSR count). The van der Waals surface area contributed by atoms with E-state index in [1.165, 1.54) is 12.1 Å². The second-order valence-electron chi connectivity index (χ2n) is 4.90. The van der Waals surface area contributed by atoms with Gasteiger partial charge in [0, 0.05) is 4.92 Å². The van der Waals surface area contributed by atoms with Crippen molar-refractivity contribution in [3.63, 3.8) is 0 Å². The first-order chi connectivity index (χ1) is 9.81. The van der Waals surface area contributed by atoms with Gasteiger partial charge < -0.3 is 4.74 Å². The summed E-state index contributed by atoms with van der Waals surface area (Å²) in [5.74, 6) is -2.79. The SMILES string of the molecule is CCOC(=O)C(C(c1cccc(F)c1Cl)C(C)C)[N+](=O)[O-]. The van der Waals surface area contributed by atoms with Gasteiger partial charge in [0.15, 0.2) is 0 Å². The van der Waals surface area contributed by atoms with Crippen molar-refractivity contribution < 1.29 is 18.8 Å². The van der Waals surface area contributed by atoms with E-state index in [1.807, 2.05) is 0 Å². The van der Waals surface area contributed by atoms with Crippen LogP contribution < -0.4 is 0 Å². The van der Waals surface area contributed by atoms with Crippen LogP contribution in [0.1, 0.15) is 32.3 Å². The smallest absolute Gasteiger partial charge is 0.382 e. The molecule has 21 heavy (non-hydrogen) atoms. The first kappa shape index (κ1) is 17.4. The Morgan fingerprint density at radius 2 is 2.10 bits per heavy atom. The van der Waals surface area contributed by atoms with Crippen LogP contribution in [-0.2, 0) is 9.53 Å². The van der Waals surface area contributed by atoms with E-state index in [-0.39, 0.29) is 23.1 Å². The summed E-state index contributed by atoms with van der Waals surface area (Å²) in [4.78, 5) is 22.5. The van der Waals surface area contributed by atoms with Crippen molar-refractivity contribution in [1.29, 1.82) is 0 Å². The van der Waals surface area contributed by atoms with E-state index in [0.717, 1.165) is 6.07 Å². The second-order valence-corrected chi connectivity index (χ2v) is 5.27. The van der Waals surface area contributed by atoms with Crippen LogP contribution in [0.25, 0.3) is 0 Å². The van der Waals surface area contributed by atoms with Gasteiger partial charge in [-0.3, -0.25) is 10.1 Å². The Balaban J connectivity index is 3.35. The molecule has 0 aliphatic heterocycles. The minimum atomic E-state index is -1.62. The third-order valence-electron chi connectivity index (χ3n) is 3.15. The van der Waals surface area contributed by atoms with Gasteiger partial charge in [-0.1, -0.05) is 37.6 Å². The highest BCUT2D eigenvalue weighted by molar-refractivity contribution is 6.31. The molecule has 1 aromatic rings. The van der Waals surface area contributed by atoms with Crippen LogP contribution in [0.15, 0.2) is 18.2 Å². The van der Waals surface area contributed by atoms with Crippen molar-refractivity contribution in [3.05, 3.63) is 44.7 Å². The van der Waals surface area contributed by atoms with Gasteiger partial charge in [-0.05, 0) is 24.5 Å². The molecule has 0 spiro atoms. The number of hydrogen-bond donors (Lipinski definition) is 0. The average molecular weight is 318 g/mol. The summed E-state index contributed by atoms with van der Waals surface area (Å²) in [6, 6.07) is 2.44. The fraction of sp³-hybridized carbons (Fsp3) is 0.500. The highest BCUT2D eigenvalue weighted by Crippen LogP contribution is 2.35. The van der Waals surface area contributed by atoms with Gasteiger partial charge in [0.05, 0.1) is 17.5 Å². The van der Waals surface area contributed by atoms with Crippen LogP contribution in [0, 0.1) is 21.8 Å². The maximum atomic E-state index is 13.6. The third-order valence-corrected chi connectivity index (χ3v) is 3.55. The average Bonchev–Trinajstić information content (AvgIpc) is 2.39. The predicted octanol–water partition coefficient (Wildman–Crippen LogP) is 3.43. The number of halogens is 2. The normalized spacial score (nSPS) is 13.8. The molecule has 0 aliphatic carbocycles. The lowest BCUT2D eigenvalue weighted by atomic mass is 9.82. The van der Waals surface area contributed by atoms with Gasteiger partial charge in [0.1, 0.15) is 5.82 Å². The molecule has 2 unspecified atom stereocenters. The summed E-state index contributed by atoms with van der Waals surface area (Å²) in [6.07, 6.45) is 0. The summed E-state index contributed by atoms with van der Waals surface area (Å²) in [7, 11) is 0. The van der Waals surface area contributed by atoms with Gasteiger partial charge in [-0.2, -0.15) is 0 Å². The maximum Gasteiger partial charge on any atom is 0.382 e. The summed E-state index contributed by atoms with van der Waals surface area (Å²) < 4.78 is 18.4. The van der Waals surface area contributed by atoms with Crippen molar-refractivity contribution in [2.24, 2.45) is 5.92 Å². The van der Waals surface area contributed by atoms with Crippen molar-refractivity contribution in [1.82, 2.24) is 0 Å². The molecule has 116 valence electrons. The lowest BCUT2D eigenvalue weighted by Gasteiger charge is -2.24. The van der Waals surface area contributed by atoms with Gasteiger partial charge >= 0.3 is 12.0 Å². The summed E-state index contributed by atoms with van der Waals surface area (Å²) in [5, 5.41) is 11.1. The Kier molecular flexibility index (Phi) is 6.08. The van der Waals surface area contributed by atoms with E-state index in [2.05, 4.69) is 0 Å². The highest BCUT2D eigenvalue weighted by Gasteiger charge is 2.43. The minimum absolute atomic E-state index is 0.0326. The number of ether oxygens (including phenoxy) is 1. The maximum absolute atomic E-state index is 13.6. The van der Waals surface area contributed by atoms with Crippen LogP contribution in [0.4, 0.5) is 4.39 Å². The van der Waals surface area contributed by atoms with E-state index in [1.54, 1.807) is 20.8 Å². The number of esters is 1. The number of carbonyl (C=O) groups is 1. The van der Waals surface area contributed by atoms with Crippen LogP contribution in [0.5, 0.6) is 0 Å². The molecule has 0 saturated carbocycles. The number of benzene rings is 1. The first-order valence-corrected chi connectivity index (χ1v) is 6.93.